The number of fused-ring (bicyclic) bond motifs is 1. The van der Waals surface area contributed by atoms with Crippen molar-refractivity contribution in [2.24, 2.45) is 0 Å². The van der Waals surface area contributed by atoms with Crippen LogP contribution in [0.1, 0.15) is 33.4 Å². The maximum Gasteiger partial charge on any atom is 0.277 e. The van der Waals surface area contributed by atoms with Crippen molar-refractivity contribution < 1.29 is 9.53 Å². The number of rotatable bonds is 5. The second-order valence-electron chi connectivity index (χ2n) is 6.17. The number of aromatic amines is 1. The number of nitrogens with one attached hydrogen (secondary N) is 1. The van der Waals surface area contributed by atoms with Gasteiger partial charge in [-0.05, 0) is 29.8 Å². The molecule has 0 spiro atoms. The normalized spacial score (nSPS) is 16.2. The van der Waals surface area contributed by atoms with E-state index in [1.165, 1.54) is 0 Å². The molecular weight excluding hydrogens is 394 g/mol. The molecule has 1 amide bonds. The highest BCUT2D eigenvalue weighted by Crippen LogP contribution is 2.42. The number of benzene rings is 2. The number of ether oxygens (including phenoxy) is 1. The van der Waals surface area contributed by atoms with Crippen LogP contribution in [0, 0.1) is 0 Å². The third kappa shape index (κ3) is 2.85. The van der Waals surface area contributed by atoms with Crippen LogP contribution in [0.5, 0.6) is 0 Å². The molecule has 1 N–H and O–H groups in total. The molecule has 1 unspecified atom stereocenters. The van der Waals surface area contributed by atoms with Crippen molar-refractivity contribution in [3.8, 4) is 0 Å². The zero-order chi connectivity index (χ0) is 18.1. The monoisotopic (exact) mass is 411 g/mol. The van der Waals surface area contributed by atoms with Gasteiger partial charge in [-0.15, -0.1) is 0 Å². The van der Waals surface area contributed by atoms with E-state index in [1.807, 2.05) is 59.5 Å². The molecule has 3 aromatic rings. The maximum absolute atomic E-state index is 13.2. The number of hydrogen-bond acceptors (Lipinski definition) is 3. The van der Waals surface area contributed by atoms with Gasteiger partial charge in [0.1, 0.15) is 5.69 Å². The lowest BCUT2D eigenvalue weighted by atomic mass is 9.97. The second kappa shape index (κ2) is 7.05. The first kappa shape index (κ1) is 17.0. The van der Waals surface area contributed by atoms with E-state index < -0.39 is 0 Å². The summed E-state index contributed by atoms with van der Waals surface area (Å²) < 4.78 is 6.19. The van der Waals surface area contributed by atoms with Crippen LogP contribution < -0.4 is 4.90 Å². The molecule has 26 heavy (non-hydrogen) atoms. The molecule has 0 saturated carbocycles. The van der Waals surface area contributed by atoms with E-state index >= 15 is 0 Å². The van der Waals surface area contributed by atoms with Gasteiger partial charge in [-0.2, -0.15) is 5.10 Å². The van der Waals surface area contributed by atoms with E-state index in [4.69, 9.17) is 4.74 Å². The van der Waals surface area contributed by atoms with E-state index in [0.29, 0.717) is 18.7 Å². The first-order chi connectivity index (χ1) is 12.7. The highest BCUT2D eigenvalue weighted by atomic mass is 79.9. The van der Waals surface area contributed by atoms with Crippen molar-refractivity contribution in [1.29, 1.82) is 0 Å². The average Bonchev–Trinajstić information content (AvgIpc) is 3.20. The summed E-state index contributed by atoms with van der Waals surface area (Å²) in [5.41, 5.74) is 4.30. The van der Waals surface area contributed by atoms with E-state index in [0.717, 1.165) is 27.0 Å². The van der Waals surface area contributed by atoms with Crippen LogP contribution in [0.4, 0.5) is 5.69 Å². The van der Waals surface area contributed by atoms with Gasteiger partial charge in [0.25, 0.3) is 5.91 Å². The number of aromatic nitrogens is 2. The van der Waals surface area contributed by atoms with Gasteiger partial charge in [0, 0.05) is 29.3 Å². The highest BCUT2D eigenvalue weighted by Gasteiger charge is 2.42. The fourth-order valence-corrected chi connectivity index (χ4v) is 3.69. The minimum absolute atomic E-state index is 0.0626. The molecule has 2 heterocycles. The largest absolute Gasteiger partial charge is 0.384 e. The van der Waals surface area contributed by atoms with E-state index in [1.54, 1.807) is 7.11 Å². The molecule has 0 bridgehead atoms. The second-order valence-corrected chi connectivity index (χ2v) is 7.08. The fraction of sp³-hybridized carbons (Fsp3) is 0.200. The van der Waals surface area contributed by atoms with Crippen LogP contribution in [-0.4, -0.2) is 29.8 Å². The van der Waals surface area contributed by atoms with Gasteiger partial charge in [0.05, 0.1) is 18.3 Å². The number of anilines is 1. The summed E-state index contributed by atoms with van der Waals surface area (Å²) in [5.74, 6) is -0.0626. The Kier molecular flexibility index (Phi) is 4.61. The van der Waals surface area contributed by atoms with Gasteiger partial charge in [0.15, 0.2) is 0 Å². The summed E-state index contributed by atoms with van der Waals surface area (Å²) in [6.07, 6.45) is 0.660. The zero-order valence-electron chi connectivity index (χ0n) is 14.3. The highest BCUT2D eigenvalue weighted by molar-refractivity contribution is 9.10. The molecule has 1 aromatic heterocycles. The lowest BCUT2D eigenvalue weighted by Crippen LogP contribution is -2.29. The van der Waals surface area contributed by atoms with Gasteiger partial charge in [-0.25, -0.2) is 0 Å². The molecule has 4 rings (SSSR count). The first-order valence-electron chi connectivity index (χ1n) is 8.41. The number of H-pyrrole nitrogens is 1. The fourth-order valence-electron chi connectivity index (χ4n) is 3.42. The van der Waals surface area contributed by atoms with Crippen LogP contribution >= 0.6 is 15.9 Å². The lowest BCUT2D eigenvalue weighted by Gasteiger charge is -2.26. The first-order valence-corrected chi connectivity index (χ1v) is 9.20. The summed E-state index contributed by atoms with van der Waals surface area (Å²) in [6, 6.07) is 17.6. The molecule has 5 nitrogen and oxygen atoms in total. The molecule has 0 saturated heterocycles. The van der Waals surface area contributed by atoms with E-state index in [2.05, 4.69) is 26.1 Å². The summed E-state index contributed by atoms with van der Waals surface area (Å²) in [5, 5.41) is 7.33. The van der Waals surface area contributed by atoms with Crippen molar-refractivity contribution in [1.82, 2.24) is 10.2 Å². The van der Waals surface area contributed by atoms with Crippen LogP contribution in [0.3, 0.4) is 0 Å². The summed E-state index contributed by atoms with van der Waals surface area (Å²) in [6.45, 7) is 0.561. The van der Waals surface area contributed by atoms with E-state index in [-0.39, 0.29) is 11.9 Å². The Morgan fingerprint density at radius 1 is 1.15 bits per heavy atom. The summed E-state index contributed by atoms with van der Waals surface area (Å²) in [7, 11) is 1.67. The number of carbonyl (C=O) groups is 1. The quantitative estimate of drug-likeness (QED) is 0.686. The van der Waals surface area contributed by atoms with Crippen molar-refractivity contribution in [3.63, 3.8) is 0 Å². The molecule has 0 fully saturated rings. The van der Waals surface area contributed by atoms with Crippen LogP contribution in [-0.2, 0) is 11.2 Å². The summed E-state index contributed by atoms with van der Waals surface area (Å²) in [4.78, 5) is 15.0. The number of amides is 1. The predicted octanol–water partition coefficient (Wildman–Crippen LogP) is 4.11. The number of methoxy groups -OCH3 is 1. The van der Waals surface area contributed by atoms with Crippen LogP contribution in [0.15, 0.2) is 59.1 Å². The SMILES string of the molecule is COCCc1n[nH]c2c1C(c1ccccc1)N(c1ccc(Br)cc1)C2=O. The Labute approximate surface area is 160 Å². The zero-order valence-corrected chi connectivity index (χ0v) is 15.9. The van der Waals surface area contributed by atoms with Crippen molar-refractivity contribution in [3.05, 3.63) is 81.6 Å². The number of hydrogen-bond donors (Lipinski definition) is 1. The van der Waals surface area contributed by atoms with Crippen molar-refractivity contribution in [2.45, 2.75) is 12.5 Å². The van der Waals surface area contributed by atoms with Crippen LogP contribution in [0.25, 0.3) is 0 Å². The standard InChI is InChI=1S/C20H18BrN3O2/c1-26-12-11-16-17-18(23-22-16)20(25)24(15-9-7-14(21)8-10-15)19(17)13-5-3-2-4-6-13/h2-10,19H,11-12H2,1H3,(H,22,23). The van der Waals surface area contributed by atoms with Crippen molar-refractivity contribution in [2.75, 3.05) is 18.6 Å². The third-order valence-corrected chi connectivity index (χ3v) is 5.14. The third-order valence-electron chi connectivity index (χ3n) is 4.61. The topological polar surface area (TPSA) is 58.2 Å². The number of nitrogens with zero attached hydrogens (tertiary/aromatic N) is 2. The average molecular weight is 412 g/mol. The number of carbonyl (C=O) groups excluding carboxylic acids is 1. The number of halogens is 1. The predicted molar refractivity (Wildman–Crippen MR) is 103 cm³/mol. The minimum Gasteiger partial charge on any atom is -0.384 e. The minimum atomic E-state index is -0.203. The van der Waals surface area contributed by atoms with Gasteiger partial charge >= 0.3 is 0 Å². The molecule has 132 valence electrons. The Morgan fingerprint density at radius 3 is 2.58 bits per heavy atom. The Hall–Kier alpha value is -2.44. The maximum atomic E-state index is 13.2. The van der Waals surface area contributed by atoms with Gasteiger partial charge in [-0.1, -0.05) is 46.3 Å². The molecule has 0 aliphatic carbocycles. The lowest BCUT2D eigenvalue weighted by molar-refractivity contribution is 0.0988. The Bertz CT molecular complexity index is 922. The van der Waals surface area contributed by atoms with Gasteiger partial charge < -0.3 is 4.74 Å². The molecule has 0 radical (unpaired) electrons. The molecule has 2 aromatic carbocycles. The molecule has 1 atom stereocenters. The smallest absolute Gasteiger partial charge is 0.277 e. The Morgan fingerprint density at radius 2 is 1.88 bits per heavy atom. The molecule has 1 aliphatic rings. The van der Waals surface area contributed by atoms with E-state index in [9.17, 15) is 4.79 Å². The van der Waals surface area contributed by atoms with Gasteiger partial charge in [0.2, 0.25) is 0 Å². The van der Waals surface area contributed by atoms with Gasteiger partial charge in [-0.3, -0.25) is 14.8 Å². The molecule has 1 aliphatic heterocycles. The summed E-state index contributed by atoms with van der Waals surface area (Å²) >= 11 is 3.46. The van der Waals surface area contributed by atoms with Crippen molar-refractivity contribution >= 4 is 27.5 Å². The van der Waals surface area contributed by atoms with Crippen LogP contribution in [0.2, 0.25) is 0 Å². The Balaban J connectivity index is 1.85. The molecule has 6 heteroatoms. The molecular formula is C20H18BrN3O2.